The number of pyridine rings is 1. The van der Waals surface area contributed by atoms with Crippen LogP contribution >= 0.6 is 0 Å². The first-order valence-electron chi connectivity index (χ1n) is 8.82. The van der Waals surface area contributed by atoms with Crippen LogP contribution in [0, 0.1) is 0 Å². The predicted octanol–water partition coefficient (Wildman–Crippen LogP) is 2.47. The third kappa shape index (κ3) is 3.49. The van der Waals surface area contributed by atoms with Crippen LogP contribution in [0.25, 0.3) is 11.4 Å². The van der Waals surface area contributed by atoms with Gasteiger partial charge in [0.1, 0.15) is 6.04 Å². The minimum atomic E-state index is -0.129. The smallest absolute Gasteiger partial charge is 0.249 e. The van der Waals surface area contributed by atoms with Gasteiger partial charge in [-0.15, -0.1) is 0 Å². The number of aryl methyl sites for hydroxylation is 1. The Morgan fingerprint density at radius 2 is 2.15 bits per heavy atom. The quantitative estimate of drug-likeness (QED) is 0.677. The maximum atomic E-state index is 12.6. The van der Waals surface area contributed by atoms with Crippen molar-refractivity contribution in [3.8, 4) is 11.4 Å². The van der Waals surface area contributed by atoms with Gasteiger partial charge in [0, 0.05) is 49.9 Å². The van der Waals surface area contributed by atoms with Crippen molar-refractivity contribution < 1.29 is 9.32 Å². The van der Waals surface area contributed by atoms with E-state index < -0.39 is 0 Å². The first kappa shape index (κ1) is 16.4. The van der Waals surface area contributed by atoms with Crippen LogP contribution in [-0.4, -0.2) is 42.3 Å². The summed E-state index contributed by atoms with van der Waals surface area (Å²) in [6.45, 7) is 1.47. The Morgan fingerprint density at radius 3 is 2.96 bits per heavy atom. The molecular formula is C18H20N6O2. The summed E-state index contributed by atoms with van der Waals surface area (Å²) in [5, 5.41) is 8.22. The van der Waals surface area contributed by atoms with E-state index in [-0.39, 0.29) is 11.9 Å². The van der Waals surface area contributed by atoms with E-state index in [1.54, 1.807) is 18.6 Å². The average molecular weight is 352 g/mol. The van der Waals surface area contributed by atoms with Crippen molar-refractivity contribution in [2.45, 2.75) is 38.3 Å². The van der Waals surface area contributed by atoms with E-state index in [0.29, 0.717) is 18.1 Å². The summed E-state index contributed by atoms with van der Waals surface area (Å²) < 4.78 is 7.30. The maximum absolute atomic E-state index is 12.6. The third-order valence-corrected chi connectivity index (χ3v) is 4.58. The van der Waals surface area contributed by atoms with Gasteiger partial charge in [-0.2, -0.15) is 10.1 Å². The summed E-state index contributed by atoms with van der Waals surface area (Å²) in [6, 6.07) is 5.42. The molecule has 134 valence electrons. The summed E-state index contributed by atoms with van der Waals surface area (Å²) in [5.41, 5.74) is 0.852. The van der Waals surface area contributed by atoms with E-state index in [2.05, 4.69) is 20.2 Å². The second-order valence-corrected chi connectivity index (χ2v) is 6.31. The summed E-state index contributed by atoms with van der Waals surface area (Å²) in [6.07, 6.45) is 10.1. The Labute approximate surface area is 150 Å². The van der Waals surface area contributed by atoms with E-state index in [9.17, 15) is 4.79 Å². The van der Waals surface area contributed by atoms with Crippen LogP contribution in [0.5, 0.6) is 0 Å². The number of likely N-dealkylation sites (tertiary alicyclic amines) is 1. The second kappa shape index (κ2) is 7.47. The lowest BCUT2D eigenvalue weighted by atomic mass is 10.2. The van der Waals surface area contributed by atoms with Gasteiger partial charge in [0.05, 0.1) is 0 Å². The summed E-state index contributed by atoms with van der Waals surface area (Å²) in [4.78, 5) is 23.0. The molecule has 3 aromatic rings. The Morgan fingerprint density at radius 1 is 1.27 bits per heavy atom. The zero-order valence-electron chi connectivity index (χ0n) is 14.4. The van der Waals surface area contributed by atoms with Crippen molar-refractivity contribution >= 4 is 5.91 Å². The van der Waals surface area contributed by atoms with Gasteiger partial charge in [0.2, 0.25) is 17.6 Å². The highest BCUT2D eigenvalue weighted by Crippen LogP contribution is 2.32. The average Bonchev–Trinajstić information content (AvgIpc) is 3.42. The zero-order valence-corrected chi connectivity index (χ0v) is 14.4. The molecule has 0 aromatic carbocycles. The van der Waals surface area contributed by atoms with Gasteiger partial charge in [-0.3, -0.25) is 14.5 Å². The number of aromatic nitrogens is 5. The molecule has 1 saturated heterocycles. The van der Waals surface area contributed by atoms with E-state index in [4.69, 9.17) is 4.52 Å². The highest BCUT2D eigenvalue weighted by Gasteiger charge is 2.33. The van der Waals surface area contributed by atoms with Crippen molar-refractivity contribution in [1.29, 1.82) is 0 Å². The fourth-order valence-electron chi connectivity index (χ4n) is 3.28. The van der Waals surface area contributed by atoms with Crippen LogP contribution in [0.1, 0.15) is 37.6 Å². The molecule has 0 spiro atoms. The molecule has 0 saturated carbocycles. The Balaban J connectivity index is 1.40. The first-order chi connectivity index (χ1) is 12.8. The summed E-state index contributed by atoms with van der Waals surface area (Å²) in [5.74, 6) is 1.17. The molecule has 1 aliphatic heterocycles. The number of amides is 1. The molecule has 8 nitrogen and oxygen atoms in total. The highest BCUT2D eigenvalue weighted by atomic mass is 16.5. The van der Waals surface area contributed by atoms with Crippen molar-refractivity contribution in [2.75, 3.05) is 6.54 Å². The number of nitrogens with zero attached hydrogens (tertiary/aromatic N) is 6. The van der Waals surface area contributed by atoms with Crippen LogP contribution < -0.4 is 0 Å². The SMILES string of the molecule is O=C(CCCn1cccn1)N1CCC[C@H]1c1nc(-c2ccncc2)no1. The number of hydrogen-bond acceptors (Lipinski definition) is 6. The molecule has 0 radical (unpaired) electrons. The van der Waals surface area contributed by atoms with Crippen LogP contribution in [0.15, 0.2) is 47.5 Å². The molecule has 0 N–H and O–H groups in total. The van der Waals surface area contributed by atoms with Gasteiger partial charge in [0.15, 0.2) is 0 Å². The van der Waals surface area contributed by atoms with Crippen LogP contribution in [0.2, 0.25) is 0 Å². The molecule has 3 aromatic heterocycles. The van der Waals surface area contributed by atoms with Crippen LogP contribution in [0.3, 0.4) is 0 Å². The Bertz CT molecular complexity index is 846. The summed E-state index contributed by atoms with van der Waals surface area (Å²) in [7, 11) is 0. The molecular weight excluding hydrogens is 332 g/mol. The standard InChI is InChI=1S/C18H20N6O2/c25-16(5-2-11-23-12-3-8-20-23)24-13-1-4-15(24)18-21-17(22-26-18)14-6-9-19-10-7-14/h3,6-10,12,15H,1-2,4-5,11,13H2/t15-/m0/s1. The number of hydrogen-bond donors (Lipinski definition) is 0. The lowest BCUT2D eigenvalue weighted by Gasteiger charge is -2.21. The molecule has 0 aliphatic carbocycles. The van der Waals surface area contributed by atoms with Gasteiger partial charge in [-0.05, 0) is 37.5 Å². The number of carbonyl (C=O) groups is 1. The fraction of sp³-hybridized carbons (Fsp3) is 0.389. The molecule has 0 unspecified atom stereocenters. The van der Waals surface area contributed by atoms with Gasteiger partial charge < -0.3 is 9.42 Å². The molecule has 1 fully saturated rings. The van der Waals surface area contributed by atoms with Gasteiger partial charge in [0.25, 0.3) is 0 Å². The number of rotatable bonds is 6. The molecule has 1 aliphatic rings. The molecule has 26 heavy (non-hydrogen) atoms. The Hall–Kier alpha value is -3.03. The van der Waals surface area contributed by atoms with E-state index in [0.717, 1.165) is 37.9 Å². The second-order valence-electron chi connectivity index (χ2n) is 6.31. The topological polar surface area (TPSA) is 89.9 Å². The monoisotopic (exact) mass is 352 g/mol. The minimum absolute atomic E-state index is 0.128. The molecule has 8 heteroatoms. The van der Waals surface area contributed by atoms with Gasteiger partial charge in [-0.1, -0.05) is 5.16 Å². The van der Waals surface area contributed by atoms with Gasteiger partial charge >= 0.3 is 0 Å². The third-order valence-electron chi connectivity index (χ3n) is 4.58. The first-order valence-corrected chi connectivity index (χ1v) is 8.82. The molecule has 0 bridgehead atoms. The molecule has 1 atom stereocenters. The highest BCUT2D eigenvalue weighted by molar-refractivity contribution is 5.76. The maximum Gasteiger partial charge on any atom is 0.249 e. The normalized spacial score (nSPS) is 16.9. The van der Waals surface area contributed by atoms with E-state index in [1.807, 2.05) is 34.0 Å². The minimum Gasteiger partial charge on any atom is -0.337 e. The molecule has 4 rings (SSSR count). The fourth-order valence-corrected chi connectivity index (χ4v) is 3.28. The Kier molecular flexibility index (Phi) is 4.72. The predicted molar refractivity (Wildman–Crippen MR) is 92.7 cm³/mol. The zero-order chi connectivity index (χ0) is 17.8. The molecule has 1 amide bonds. The van der Waals surface area contributed by atoms with E-state index >= 15 is 0 Å². The van der Waals surface area contributed by atoms with Crippen molar-refractivity contribution in [2.24, 2.45) is 0 Å². The van der Waals surface area contributed by atoms with Crippen molar-refractivity contribution in [3.63, 3.8) is 0 Å². The lowest BCUT2D eigenvalue weighted by molar-refractivity contribution is -0.132. The lowest BCUT2D eigenvalue weighted by Crippen LogP contribution is -2.30. The van der Waals surface area contributed by atoms with Gasteiger partial charge in [-0.25, -0.2) is 0 Å². The summed E-state index contributed by atoms with van der Waals surface area (Å²) >= 11 is 0. The van der Waals surface area contributed by atoms with Crippen molar-refractivity contribution in [3.05, 3.63) is 48.9 Å². The van der Waals surface area contributed by atoms with Crippen LogP contribution in [-0.2, 0) is 11.3 Å². The number of carbonyl (C=O) groups excluding carboxylic acids is 1. The van der Waals surface area contributed by atoms with Crippen molar-refractivity contribution in [1.82, 2.24) is 29.8 Å². The largest absolute Gasteiger partial charge is 0.337 e. The van der Waals surface area contributed by atoms with E-state index in [1.165, 1.54) is 0 Å². The molecule has 4 heterocycles. The van der Waals surface area contributed by atoms with Crippen LogP contribution in [0.4, 0.5) is 0 Å².